The number of nitrogens with one attached hydrogen (secondary N) is 1. The number of hydrogen-bond acceptors (Lipinski definition) is 2. The standard InChI is InChI=1S/C29H18N2S/c1-2-7-18(8-3-1)20-9-6-10-22-27-26(32-29(20)22)15-13-21-23-17-19(24-11-4-5-16-30-24)12-14-25(23)31-28(21)27/h1-17,31H. The molecule has 0 bridgehead atoms. The Bertz CT molecular complexity index is 1760. The fraction of sp³-hybridized carbons (Fsp3) is 0. The van der Waals surface area contributed by atoms with Crippen molar-refractivity contribution in [1.82, 2.24) is 9.97 Å². The van der Waals surface area contributed by atoms with E-state index in [-0.39, 0.29) is 0 Å². The van der Waals surface area contributed by atoms with E-state index < -0.39 is 0 Å². The fourth-order valence-corrected chi connectivity index (χ4v) is 6.04. The lowest BCUT2D eigenvalue weighted by molar-refractivity contribution is 1.33. The lowest BCUT2D eigenvalue weighted by atomic mass is 10.0. The van der Waals surface area contributed by atoms with E-state index in [1.54, 1.807) is 0 Å². The molecular weight excluding hydrogens is 408 g/mol. The first-order chi connectivity index (χ1) is 15.9. The summed E-state index contributed by atoms with van der Waals surface area (Å²) in [6.45, 7) is 0. The minimum atomic E-state index is 0.998. The van der Waals surface area contributed by atoms with E-state index in [1.807, 2.05) is 29.7 Å². The third-order valence-corrected chi connectivity index (χ3v) is 7.48. The molecule has 0 amide bonds. The van der Waals surface area contributed by atoms with Crippen molar-refractivity contribution in [3.63, 3.8) is 0 Å². The van der Waals surface area contributed by atoms with Crippen LogP contribution in [0.4, 0.5) is 0 Å². The van der Waals surface area contributed by atoms with Gasteiger partial charge in [-0.2, -0.15) is 0 Å². The van der Waals surface area contributed by atoms with Crippen molar-refractivity contribution in [2.75, 3.05) is 0 Å². The van der Waals surface area contributed by atoms with Crippen molar-refractivity contribution in [2.24, 2.45) is 0 Å². The van der Waals surface area contributed by atoms with Gasteiger partial charge < -0.3 is 4.98 Å². The van der Waals surface area contributed by atoms with Crippen molar-refractivity contribution >= 4 is 53.3 Å². The lowest BCUT2D eigenvalue weighted by Crippen LogP contribution is -1.81. The summed E-state index contributed by atoms with van der Waals surface area (Å²) in [5, 5.41) is 5.13. The maximum Gasteiger partial charge on any atom is 0.0702 e. The van der Waals surface area contributed by atoms with Crippen LogP contribution in [0.1, 0.15) is 0 Å². The predicted octanol–water partition coefficient (Wildman–Crippen LogP) is 8.42. The highest BCUT2D eigenvalue weighted by molar-refractivity contribution is 7.26. The number of H-pyrrole nitrogens is 1. The van der Waals surface area contributed by atoms with E-state index in [0.29, 0.717) is 0 Å². The monoisotopic (exact) mass is 426 g/mol. The van der Waals surface area contributed by atoms with Crippen LogP contribution in [0.3, 0.4) is 0 Å². The van der Waals surface area contributed by atoms with Gasteiger partial charge in [-0.3, -0.25) is 4.98 Å². The molecule has 0 spiro atoms. The molecule has 7 aromatic rings. The van der Waals surface area contributed by atoms with Crippen LogP contribution in [0.15, 0.2) is 103 Å². The SMILES string of the molecule is c1ccc(-c2cccc3c2sc2ccc4c5cc(-c6ccccn6)ccc5[nH]c4c23)cc1. The van der Waals surface area contributed by atoms with E-state index in [2.05, 4.69) is 94.9 Å². The van der Waals surface area contributed by atoms with E-state index >= 15 is 0 Å². The maximum absolute atomic E-state index is 4.53. The smallest absolute Gasteiger partial charge is 0.0702 e. The van der Waals surface area contributed by atoms with Gasteiger partial charge in [0.25, 0.3) is 0 Å². The second-order valence-corrected chi connectivity index (χ2v) is 9.16. The second kappa shape index (κ2) is 6.78. The summed E-state index contributed by atoms with van der Waals surface area (Å²) < 4.78 is 2.65. The van der Waals surface area contributed by atoms with Gasteiger partial charge in [-0.15, -0.1) is 11.3 Å². The van der Waals surface area contributed by atoms with Crippen molar-refractivity contribution in [3.8, 4) is 22.4 Å². The highest BCUT2D eigenvalue weighted by Crippen LogP contribution is 2.44. The van der Waals surface area contributed by atoms with Gasteiger partial charge in [0.05, 0.1) is 11.2 Å². The fourth-order valence-electron chi connectivity index (χ4n) is 4.79. The highest BCUT2D eigenvalue weighted by atomic mass is 32.1. The molecular formula is C29H18N2S. The minimum absolute atomic E-state index is 0.998. The average Bonchev–Trinajstić information content (AvgIpc) is 3.42. The molecule has 0 fully saturated rings. The molecule has 3 aromatic heterocycles. The summed E-state index contributed by atoms with van der Waals surface area (Å²) in [6.07, 6.45) is 1.85. The van der Waals surface area contributed by atoms with Gasteiger partial charge in [-0.1, -0.05) is 66.7 Å². The maximum atomic E-state index is 4.53. The summed E-state index contributed by atoms with van der Waals surface area (Å²) in [5.74, 6) is 0. The molecule has 1 N–H and O–H groups in total. The molecule has 0 aliphatic heterocycles. The molecule has 0 aliphatic rings. The van der Waals surface area contributed by atoms with Gasteiger partial charge in [0.15, 0.2) is 0 Å². The Morgan fingerprint density at radius 3 is 2.44 bits per heavy atom. The number of nitrogens with zero attached hydrogens (tertiary/aromatic N) is 1. The lowest BCUT2D eigenvalue weighted by Gasteiger charge is -2.03. The van der Waals surface area contributed by atoms with E-state index in [0.717, 1.165) is 16.8 Å². The number of benzene rings is 4. The van der Waals surface area contributed by atoms with Crippen molar-refractivity contribution in [2.45, 2.75) is 0 Å². The van der Waals surface area contributed by atoms with Crippen LogP contribution in [0.2, 0.25) is 0 Å². The molecule has 0 radical (unpaired) electrons. The molecule has 0 atom stereocenters. The number of thiophene rings is 1. The zero-order chi connectivity index (χ0) is 21.1. The molecule has 150 valence electrons. The predicted molar refractivity (Wildman–Crippen MR) is 137 cm³/mol. The minimum Gasteiger partial charge on any atom is -0.354 e. The number of aromatic amines is 1. The van der Waals surface area contributed by atoms with Gasteiger partial charge in [0, 0.05) is 48.2 Å². The molecule has 4 aromatic carbocycles. The molecule has 32 heavy (non-hydrogen) atoms. The Kier molecular flexibility index (Phi) is 3.75. The summed E-state index contributed by atoms with van der Waals surface area (Å²) in [5.41, 5.74) is 7.07. The number of fused-ring (bicyclic) bond motifs is 7. The van der Waals surface area contributed by atoms with Gasteiger partial charge in [0.2, 0.25) is 0 Å². The molecule has 0 aliphatic carbocycles. The first-order valence-electron chi connectivity index (χ1n) is 10.7. The Hall–Kier alpha value is -3.95. The Balaban J connectivity index is 1.53. The third-order valence-electron chi connectivity index (χ3n) is 6.28. The second-order valence-electron chi connectivity index (χ2n) is 8.11. The van der Waals surface area contributed by atoms with Crippen molar-refractivity contribution in [1.29, 1.82) is 0 Å². The summed E-state index contributed by atoms with van der Waals surface area (Å²) in [7, 11) is 0. The molecule has 3 heterocycles. The zero-order valence-corrected chi connectivity index (χ0v) is 18.0. The van der Waals surface area contributed by atoms with Gasteiger partial charge >= 0.3 is 0 Å². The Morgan fingerprint density at radius 1 is 0.656 bits per heavy atom. The summed E-state index contributed by atoms with van der Waals surface area (Å²) in [4.78, 5) is 8.26. The first kappa shape index (κ1) is 17.7. The van der Waals surface area contributed by atoms with Crippen molar-refractivity contribution < 1.29 is 0 Å². The number of hydrogen-bond donors (Lipinski definition) is 1. The number of pyridine rings is 1. The van der Waals surface area contributed by atoms with Crippen LogP contribution in [0.25, 0.3) is 64.4 Å². The highest BCUT2D eigenvalue weighted by Gasteiger charge is 2.15. The van der Waals surface area contributed by atoms with Gasteiger partial charge in [-0.25, -0.2) is 0 Å². The first-order valence-corrected chi connectivity index (χ1v) is 11.5. The van der Waals surface area contributed by atoms with E-state index in [4.69, 9.17) is 0 Å². The summed E-state index contributed by atoms with van der Waals surface area (Å²) >= 11 is 1.88. The molecule has 2 nitrogen and oxygen atoms in total. The molecule has 0 saturated heterocycles. The average molecular weight is 427 g/mol. The molecule has 3 heteroatoms. The molecule has 0 saturated carbocycles. The van der Waals surface area contributed by atoms with E-state index in [9.17, 15) is 0 Å². The van der Waals surface area contributed by atoms with Crippen LogP contribution in [0, 0.1) is 0 Å². The molecule has 0 unspecified atom stereocenters. The van der Waals surface area contributed by atoms with Crippen molar-refractivity contribution in [3.05, 3.63) is 103 Å². The third kappa shape index (κ3) is 2.55. The number of aromatic nitrogens is 2. The normalized spacial score (nSPS) is 11.8. The van der Waals surface area contributed by atoms with Gasteiger partial charge in [-0.05, 0) is 41.5 Å². The van der Waals surface area contributed by atoms with Gasteiger partial charge in [0.1, 0.15) is 0 Å². The van der Waals surface area contributed by atoms with Crippen LogP contribution in [0.5, 0.6) is 0 Å². The number of rotatable bonds is 2. The topological polar surface area (TPSA) is 28.7 Å². The largest absolute Gasteiger partial charge is 0.354 e. The zero-order valence-electron chi connectivity index (χ0n) is 17.2. The van der Waals surface area contributed by atoms with Crippen LogP contribution >= 0.6 is 11.3 Å². The van der Waals surface area contributed by atoms with Crippen LogP contribution in [-0.4, -0.2) is 9.97 Å². The van der Waals surface area contributed by atoms with E-state index in [1.165, 1.54) is 47.6 Å². The van der Waals surface area contributed by atoms with Crippen LogP contribution < -0.4 is 0 Å². The quantitative estimate of drug-likeness (QED) is 0.295. The molecule has 7 rings (SSSR count). The Morgan fingerprint density at radius 2 is 1.56 bits per heavy atom. The van der Waals surface area contributed by atoms with Crippen LogP contribution in [-0.2, 0) is 0 Å². The summed E-state index contributed by atoms with van der Waals surface area (Å²) in [6, 6.07) is 34.5. The Labute approximate surface area is 188 Å².